The van der Waals surface area contributed by atoms with Crippen LogP contribution in [0.3, 0.4) is 0 Å². The van der Waals surface area contributed by atoms with E-state index in [-0.39, 0.29) is 0 Å². The van der Waals surface area contributed by atoms with Crippen molar-refractivity contribution in [1.82, 2.24) is 20.3 Å². The number of rotatable bonds is 7. The van der Waals surface area contributed by atoms with E-state index in [0.717, 1.165) is 31.7 Å². The minimum absolute atomic E-state index is 0.306. The van der Waals surface area contributed by atoms with Crippen molar-refractivity contribution < 1.29 is 4.42 Å². The van der Waals surface area contributed by atoms with E-state index in [9.17, 15) is 0 Å². The number of aryl methyl sites for hydroxylation is 1. The number of hydrogen-bond donors (Lipinski definition) is 1. The van der Waals surface area contributed by atoms with Crippen LogP contribution in [0.4, 0.5) is 0 Å². The minimum atomic E-state index is 0.306. The molecule has 0 aliphatic carbocycles. The molecule has 5 nitrogen and oxygen atoms in total. The Morgan fingerprint density at radius 1 is 1.53 bits per heavy atom. The summed E-state index contributed by atoms with van der Waals surface area (Å²) in [5.41, 5.74) is 0. The largest absolute Gasteiger partial charge is 0.468 e. The molecule has 2 heterocycles. The zero-order chi connectivity index (χ0) is 11.9. The van der Waals surface area contributed by atoms with Gasteiger partial charge in [-0.1, -0.05) is 12.1 Å². The molecule has 0 fully saturated rings. The lowest BCUT2D eigenvalue weighted by Crippen LogP contribution is -2.22. The van der Waals surface area contributed by atoms with Crippen molar-refractivity contribution in [3.63, 3.8) is 0 Å². The second-order valence-corrected chi connectivity index (χ2v) is 3.95. The second kappa shape index (κ2) is 6.20. The first-order valence-corrected chi connectivity index (χ1v) is 6.01. The Labute approximate surface area is 101 Å². The molecule has 2 aromatic rings. The van der Waals surface area contributed by atoms with Crippen LogP contribution in [-0.4, -0.2) is 21.5 Å². The van der Waals surface area contributed by atoms with Gasteiger partial charge in [-0.05, 0) is 31.5 Å². The average molecular weight is 234 g/mol. The van der Waals surface area contributed by atoms with Gasteiger partial charge in [-0.25, -0.2) is 0 Å². The molecule has 0 aromatic carbocycles. The maximum absolute atomic E-state index is 5.40. The molecule has 2 rings (SSSR count). The standard InChI is InChI=1S/C12H18N4O/c1-2-11(12-5-3-10-17-12)13-6-4-8-16-9-7-14-15-16/h3,5,7,9-11,13H,2,4,6,8H2,1H3. The summed E-state index contributed by atoms with van der Waals surface area (Å²) in [6.45, 7) is 3.98. The third-order valence-electron chi connectivity index (χ3n) is 2.72. The van der Waals surface area contributed by atoms with Crippen LogP contribution in [0.25, 0.3) is 0 Å². The zero-order valence-corrected chi connectivity index (χ0v) is 10.0. The van der Waals surface area contributed by atoms with Crippen LogP contribution in [0.15, 0.2) is 35.2 Å². The Kier molecular flexibility index (Phi) is 4.32. The summed E-state index contributed by atoms with van der Waals surface area (Å²) in [5.74, 6) is 1.01. The van der Waals surface area contributed by atoms with Gasteiger partial charge >= 0.3 is 0 Å². The van der Waals surface area contributed by atoms with Gasteiger partial charge < -0.3 is 9.73 Å². The van der Waals surface area contributed by atoms with Gasteiger partial charge in [0.1, 0.15) is 5.76 Å². The monoisotopic (exact) mass is 234 g/mol. The quantitative estimate of drug-likeness (QED) is 0.744. The Balaban J connectivity index is 1.70. The predicted octanol–water partition coefficient (Wildman–Crippen LogP) is 2.00. The highest BCUT2D eigenvalue weighted by atomic mass is 16.3. The van der Waals surface area contributed by atoms with Gasteiger partial charge in [-0.2, -0.15) is 0 Å². The Bertz CT molecular complexity index is 396. The Morgan fingerprint density at radius 2 is 2.47 bits per heavy atom. The highest BCUT2D eigenvalue weighted by molar-refractivity contribution is 5.03. The summed E-state index contributed by atoms with van der Waals surface area (Å²) in [4.78, 5) is 0. The van der Waals surface area contributed by atoms with E-state index in [2.05, 4.69) is 22.6 Å². The fraction of sp³-hybridized carbons (Fsp3) is 0.500. The normalized spacial score (nSPS) is 12.8. The van der Waals surface area contributed by atoms with Crippen molar-refractivity contribution in [2.75, 3.05) is 6.54 Å². The molecule has 92 valence electrons. The van der Waals surface area contributed by atoms with Crippen LogP contribution in [-0.2, 0) is 6.54 Å². The van der Waals surface area contributed by atoms with E-state index in [0.29, 0.717) is 6.04 Å². The van der Waals surface area contributed by atoms with Crippen LogP contribution in [0.1, 0.15) is 31.6 Å². The van der Waals surface area contributed by atoms with E-state index in [1.807, 2.05) is 23.0 Å². The zero-order valence-electron chi connectivity index (χ0n) is 10.0. The Morgan fingerprint density at radius 3 is 3.12 bits per heavy atom. The molecule has 17 heavy (non-hydrogen) atoms. The minimum Gasteiger partial charge on any atom is -0.468 e. The smallest absolute Gasteiger partial charge is 0.120 e. The third-order valence-corrected chi connectivity index (χ3v) is 2.72. The summed E-state index contributed by atoms with van der Waals surface area (Å²) < 4.78 is 7.24. The number of furan rings is 1. The van der Waals surface area contributed by atoms with Gasteiger partial charge in [0.05, 0.1) is 18.5 Å². The molecule has 0 aliphatic rings. The van der Waals surface area contributed by atoms with Gasteiger partial charge in [0, 0.05) is 12.7 Å². The SMILES string of the molecule is CCC(NCCCn1ccnn1)c1ccco1. The van der Waals surface area contributed by atoms with E-state index in [4.69, 9.17) is 4.42 Å². The highest BCUT2D eigenvalue weighted by Crippen LogP contribution is 2.16. The lowest BCUT2D eigenvalue weighted by molar-refractivity contribution is 0.395. The van der Waals surface area contributed by atoms with Crippen LogP contribution >= 0.6 is 0 Å². The fourth-order valence-electron chi connectivity index (χ4n) is 1.80. The molecule has 0 saturated heterocycles. The van der Waals surface area contributed by atoms with Crippen molar-refractivity contribution in [2.45, 2.75) is 32.4 Å². The molecule has 0 radical (unpaired) electrons. The van der Waals surface area contributed by atoms with Crippen LogP contribution < -0.4 is 5.32 Å². The van der Waals surface area contributed by atoms with Crippen LogP contribution in [0.2, 0.25) is 0 Å². The van der Waals surface area contributed by atoms with Crippen LogP contribution in [0.5, 0.6) is 0 Å². The molecular formula is C12H18N4O. The molecule has 5 heteroatoms. The lowest BCUT2D eigenvalue weighted by atomic mass is 10.1. The average Bonchev–Trinajstić information content (AvgIpc) is 3.01. The van der Waals surface area contributed by atoms with Gasteiger partial charge in [-0.15, -0.1) is 5.10 Å². The first kappa shape index (κ1) is 11.9. The molecule has 0 amide bonds. The molecule has 1 unspecified atom stereocenters. The molecule has 0 bridgehead atoms. The molecule has 0 saturated carbocycles. The molecule has 1 atom stereocenters. The molecule has 1 N–H and O–H groups in total. The van der Waals surface area contributed by atoms with Crippen molar-refractivity contribution in [2.24, 2.45) is 0 Å². The topological polar surface area (TPSA) is 55.9 Å². The maximum Gasteiger partial charge on any atom is 0.120 e. The summed E-state index contributed by atoms with van der Waals surface area (Å²) in [7, 11) is 0. The number of nitrogens with one attached hydrogen (secondary N) is 1. The first-order chi connectivity index (χ1) is 8.40. The number of aromatic nitrogens is 3. The summed E-state index contributed by atoms with van der Waals surface area (Å²) >= 11 is 0. The van der Waals surface area contributed by atoms with Crippen molar-refractivity contribution in [3.8, 4) is 0 Å². The number of hydrogen-bond acceptors (Lipinski definition) is 4. The summed E-state index contributed by atoms with van der Waals surface area (Å²) in [5, 5.41) is 11.2. The molecule has 2 aromatic heterocycles. The Hall–Kier alpha value is -1.62. The molecule has 0 aliphatic heterocycles. The molecular weight excluding hydrogens is 216 g/mol. The third kappa shape index (κ3) is 3.42. The highest BCUT2D eigenvalue weighted by Gasteiger charge is 2.10. The van der Waals surface area contributed by atoms with Crippen molar-refractivity contribution >= 4 is 0 Å². The van der Waals surface area contributed by atoms with Crippen LogP contribution in [0, 0.1) is 0 Å². The van der Waals surface area contributed by atoms with E-state index < -0.39 is 0 Å². The van der Waals surface area contributed by atoms with Gasteiger partial charge in [-0.3, -0.25) is 4.68 Å². The summed E-state index contributed by atoms with van der Waals surface area (Å²) in [6, 6.07) is 4.24. The number of nitrogens with zero attached hydrogens (tertiary/aromatic N) is 3. The summed E-state index contributed by atoms with van der Waals surface area (Å²) in [6.07, 6.45) is 7.35. The first-order valence-electron chi connectivity index (χ1n) is 6.01. The van der Waals surface area contributed by atoms with E-state index in [1.54, 1.807) is 12.5 Å². The maximum atomic E-state index is 5.40. The second-order valence-electron chi connectivity index (χ2n) is 3.95. The van der Waals surface area contributed by atoms with E-state index in [1.165, 1.54) is 0 Å². The van der Waals surface area contributed by atoms with Gasteiger partial charge in [0.2, 0.25) is 0 Å². The van der Waals surface area contributed by atoms with Gasteiger partial charge in [0.15, 0.2) is 0 Å². The van der Waals surface area contributed by atoms with E-state index >= 15 is 0 Å². The van der Waals surface area contributed by atoms with Crippen molar-refractivity contribution in [1.29, 1.82) is 0 Å². The van der Waals surface area contributed by atoms with Crippen molar-refractivity contribution in [3.05, 3.63) is 36.5 Å². The lowest BCUT2D eigenvalue weighted by Gasteiger charge is -2.14. The van der Waals surface area contributed by atoms with Gasteiger partial charge in [0.25, 0.3) is 0 Å². The molecule has 0 spiro atoms. The fourth-order valence-corrected chi connectivity index (χ4v) is 1.80. The predicted molar refractivity (Wildman–Crippen MR) is 64.4 cm³/mol.